The number of aromatic nitrogens is 1. The summed E-state index contributed by atoms with van der Waals surface area (Å²) in [7, 11) is 0. The van der Waals surface area contributed by atoms with Crippen LogP contribution < -0.4 is 4.90 Å². The summed E-state index contributed by atoms with van der Waals surface area (Å²) in [6.45, 7) is 5.99. The summed E-state index contributed by atoms with van der Waals surface area (Å²) >= 11 is 0. The number of carboxylic acids is 1. The summed E-state index contributed by atoms with van der Waals surface area (Å²) in [6.07, 6.45) is 2.63. The Labute approximate surface area is 142 Å². The largest absolute Gasteiger partial charge is 0.477 e. The van der Waals surface area contributed by atoms with E-state index < -0.39 is 5.97 Å². The van der Waals surface area contributed by atoms with Crippen molar-refractivity contribution in [1.82, 2.24) is 9.88 Å². The number of anilines is 1. The number of nitrogens with zero attached hydrogens (tertiary/aromatic N) is 3. The lowest BCUT2D eigenvalue weighted by Crippen LogP contribution is -2.34. The van der Waals surface area contributed by atoms with Crippen LogP contribution in [0.2, 0.25) is 0 Å². The van der Waals surface area contributed by atoms with Gasteiger partial charge < -0.3 is 10.0 Å². The summed E-state index contributed by atoms with van der Waals surface area (Å²) in [4.78, 5) is 19.8. The first-order chi connectivity index (χ1) is 11.6. The number of pyridine rings is 1. The minimum Gasteiger partial charge on any atom is -0.477 e. The highest BCUT2D eigenvalue weighted by Crippen LogP contribution is 2.20. The first-order valence-electron chi connectivity index (χ1n) is 8.36. The second kappa shape index (κ2) is 7.45. The minimum absolute atomic E-state index is 0.103. The van der Waals surface area contributed by atoms with E-state index in [1.165, 1.54) is 5.56 Å². The average Bonchev–Trinajstić information content (AvgIpc) is 2.78. The van der Waals surface area contributed by atoms with Crippen molar-refractivity contribution in [3.05, 3.63) is 59.9 Å². The van der Waals surface area contributed by atoms with Crippen molar-refractivity contribution in [2.24, 2.45) is 0 Å². The third-order valence-corrected chi connectivity index (χ3v) is 4.65. The summed E-state index contributed by atoms with van der Waals surface area (Å²) in [5.74, 6) is -0.981. The van der Waals surface area contributed by atoms with Crippen LogP contribution in [0.1, 0.15) is 29.4 Å². The molecule has 0 bridgehead atoms. The predicted molar refractivity (Wildman–Crippen MR) is 94.3 cm³/mol. The van der Waals surface area contributed by atoms with Gasteiger partial charge in [0, 0.05) is 44.1 Å². The standard InChI is InChI=1S/C19H23N3O2/c1-15-8-10-21(17-7-9-20-18(13-17)19(23)24)11-12-22(15)14-16-5-3-2-4-6-16/h2-7,9,13,15H,8,10-12,14H2,1H3,(H,23,24). The number of carbonyl (C=O) groups is 1. The zero-order chi connectivity index (χ0) is 16.9. The summed E-state index contributed by atoms with van der Waals surface area (Å²) < 4.78 is 0. The molecule has 1 fully saturated rings. The Kier molecular flexibility index (Phi) is 5.11. The van der Waals surface area contributed by atoms with Crippen LogP contribution in [0.3, 0.4) is 0 Å². The van der Waals surface area contributed by atoms with Gasteiger partial charge in [-0.2, -0.15) is 0 Å². The zero-order valence-corrected chi connectivity index (χ0v) is 13.9. The van der Waals surface area contributed by atoms with Gasteiger partial charge in [-0.15, -0.1) is 0 Å². The Morgan fingerprint density at radius 3 is 2.75 bits per heavy atom. The molecule has 1 saturated heterocycles. The summed E-state index contributed by atoms with van der Waals surface area (Å²) in [5.41, 5.74) is 2.37. The van der Waals surface area contributed by atoms with Gasteiger partial charge in [-0.3, -0.25) is 4.90 Å². The maximum Gasteiger partial charge on any atom is 0.354 e. The van der Waals surface area contributed by atoms with Gasteiger partial charge >= 0.3 is 5.97 Å². The molecule has 0 spiro atoms. The van der Waals surface area contributed by atoms with Crippen LogP contribution in [-0.2, 0) is 6.54 Å². The van der Waals surface area contributed by atoms with Gasteiger partial charge in [0.1, 0.15) is 5.69 Å². The quantitative estimate of drug-likeness (QED) is 0.937. The summed E-state index contributed by atoms with van der Waals surface area (Å²) in [6, 6.07) is 14.6. The molecule has 3 rings (SSSR count). The van der Waals surface area contributed by atoms with Crippen molar-refractivity contribution in [2.45, 2.75) is 25.9 Å². The van der Waals surface area contributed by atoms with Gasteiger partial charge in [-0.25, -0.2) is 9.78 Å². The number of hydrogen-bond donors (Lipinski definition) is 1. The third kappa shape index (κ3) is 3.92. The Morgan fingerprint density at radius 1 is 1.21 bits per heavy atom. The molecule has 1 atom stereocenters. The molecule has 5 heteroatoms. The first-order valence-corrected chi connectivity index (χ1v) is 8.36. The van der Waals surface area contributed by atoms with Crippen molar-refractivity contribution < 1.29 is 9.90 Å². The zero-order valence-electron chi connectivity index (χ0n) is 13.9. The highest BCUT2D eigenvalue weighted by Gasteiger charge is 2.21. The smallest absolute Gasteiger partial charge is 0.354 e. The number of hydrogen-bond acceptors (Lipinski definition) is 4. The predicted octanol–water partition coefficient (Wildman–Crippen LogP) is 2.88. The molecule has 24 heavy (non-hydrogen) atoms. The first kappa shape index (κ1) is 16.5. The molecule has 5 nitrogen and oxygen atoms in total. The van der Waals surface area contributed by atoms with Crippen LogP contribution in [0.25, 0.3) is 0 Å². The highest BCUT2D eigenvalue weighted by molar-refractivity contribution is 5.86. The van der Waals surface area contributed by atoms with Crippen molar-refractivity contribution >= 4 is 11.7 Å². The second-order valence-corrected chi connectivity index (χ2v) is 6.29. The number of carboxylic acid groups (broad SMARTS) is 1. The molecule has 1 aliphatic rings. The molecule has 1 unspecified atom stereocenters. The molecule has 1 aliphatic heterocycles. The van der Waals surface area contributed by atoms with E-state index in [1.54, 1.807) is 12.3 Å². The van der Waals surface area contributed by atoms with Crippen LogP contribution in [-0.4, -0.2) is 46.6 Å². The van der Waals surface area contributed by atoms with Crippen LogP contribution in [0.5, 0.6) is 0 Å². The van der Waals surface area contributed by atoms with Crippen molar-refractivity contribution in [1.29, 1.82) is 0 Å². The maximum absolute atomic E-state index is 11.1. The van der Waals surface area contributed by atoms with Crippen LogP contribution in [0.15, 0.2) is 48.7 Å². The van der Waals surface area contributed by atoms with Gasteiger partial charge in [0.25, 0.3) is 0 Å². The van der Waals surface area contributed by atoms with E-state index in [4.69, 9.17) is 5.11 Å². The number of aromatic carboxylic acids is 1. The molecular weight excluding hydrogens is 302 g/mol. The maximum atomic E-state index is 11.1. The molecule has 0 radical (unpaired) electrons. The highest BCUT2D eigenvalue weighted by atomic mass is 16.4. The SMILES string of the molecule is CC1CCN(c2ccnc(C(=O)O)c2)CCN1Cc1ccccc1. The fourth-order valence-corrected chi connectivity index (χ4v) is 3.15. The van der Waals surface area contributed by atoms with Crippen molar-refractivity contribution in [3.63, 3.8) is 0 Å². The Bertz CT molecular complexity index is 690. The van der Waals surface area contributed by atoms with Gasteiger partial charge in [0.2, 0.25) is 0 Å². The third-order valence-electron chi connectivity index (χ3n) is 4.65. The van der Waals surface area contributed by atoms with E-state index in [-0.39, 0.29) is 5.69 Å². The van der Waals surface area contributed by atoms with Crippen LogP contribution >= 0.6 is 0 Å². The van der Waals surface area contributed by atoms with E-state index in [2.05, 4.69) is 46.0 Å². The molecule has 2 heterocycles. The van der Waals surface area contributed by atoms with E-state index in [1.807, 2.05) is 12.1 Å². The van der Waals surface area contributed by atoms with Crippen LogP contribution in [0, 0.1) is 0 Å². The number of benzene rings is 1. The molecule has 126 valence electrons. The monoisotopic (exact) mass is 325 g/mol. The van der Waals surface area contributed by atoms with E-state index in [9.17, 15) is 4.79 Å². The molecule has 0 amide bonds. The Balaban J connectivity index is 1.70. The molecular formula is C19H23N3O2. The minimum atomic E-state index is -0.981. The lowest BCUT2D eigenvalue weighted by molar-refractivity contribution is 0.0690. The lowest BCUT2D eigenvalue weighted by Gasteiger charge is -2.26. The number of rotatable bonds is 4. The molecule has 2 aromatic rings. The fourth-order valence-electron chi connectivity index (χ4n) is 3.15. The van der Waals surface area contributed by atoms with Gasteiger partial charge in [-0.1, -0.05) is 30.3 Å². The molecule has 1 aromatic carbocycles. The second-order valence-electron chi connectivity index (χ2n) is 6.29. The fraction of sp³-hybridized carbons (Fsp3) is 0.368. The van der Waals surface area contributed by atoms with E-state index in [0.29, 0.717) is 6.04 Å². The summed E-state index contributed by atoms with van der Waals surface area (Å²) in [5, 5.41) is 9.12. The van der Waals surface area contributed by atoms with E-state index >= 15 is 0 Å². The molecule has 0 aliphatic carbocycles. The van der Waals surface area contributed by atoms with Gasteiger partial charge in [-0.05, 0) is 31.0 Å². The van der Waals surface area contributed by atoms with Gasteiger partial charge in [0.15, 0.2) is 0 Å². The lowest BCUT2D eigenvalue weighted by atomic mass is 10.1. The molecule has 1 N–H and O–H groups in total. The Hall–Kier alpha value is -2.40. The molecule has 1 aromatic heterocycles. The normalized spacial score (nSPS) is 19.0. The Morgan fingerprint density at radius 2 is 2.00 bits per heavy atom. The molecule has 0 saturated carbocycles. The topological polar surface area (TPSA) is 56.7 Å². The van der Waals surface area contributed by atoms with E-state index in [0.717, 1.165) is 38.3 Å². The average molecular weight is 325 g/mol. The van der Waals surface area contributed by atoms with Crippen LogP contribution in [0.4, 0.5) is 5.69 Å². The van der Waals surface area contributed by atoms with Crippen molar-refractivity contribution in [2.75, 3.05) is 24.5 Å². The van der Waals surface area contributed by atoms with Crippen molar-refractivity contribution in [3.8, 4) is 0 Å². The van der Waals surface area contributed by atoms with Gasteiger partial charge in [0.05, 0.1) is 0 Å².